The summed E-state index contributed by atoms with van der Waals surface area (Å²) in [6.45, 7) is 0. The standard InChI is InChI=1S/C12H10BrN3O2/c13-11(14)9-6-7-15-16-10(9)12(17)18-8-4-2-1-3-5-8/h1-7,11H,14H2. The summed E-state index contributed by atoms with van der Waals surface area (Å²) in [5, 5.41) is 7.42. The number of ether oxygens (including phenoxy) is 1. The molecule has 1 aromatic heterocycles. The molecule has 2 aromatic rings. The molecule has 1 atom stereocenters. The van der Waals surface area contributed by atoms with Crippen molar-refractivity contribution in [3.8, 4) is 5.75 Å². The summed E-state index contributed by atoms with van der Waals surface area (Å²) in [6, 6.07) is 10.4. The summed E-state index contributed by atoms with van der Waals surface area (Å²) in [6.07, 6.45) is 1.47. The van der Waals surface area contributed by atoms with Crippen molar-refractivity contribution in [3.63, 3.8) is 0 Å². The van der Waals surface area contributed by atoms with E-state index in [1.165, 1.54) is 6.20 Å². The van der Waals surface area contributed by atoms with Crippen molar-refractivity contribution in [1.29, 1.82) is 0 Å². The van der Waals surface area contributed by atoms with Crippen LogP contribution in [0.3, 0.4) is 0 Å². The molecule has 5 nitrogen and oxygen atoms in total. The van der Waals surface area contributed by atoms with Crippen molar-refractivity contribution in [2.75, 3.05) is 0 Å². The van der Waals surface area contributed by atoms with Crippen LogP contribution in [0, 0.1) is 0 Å². The van der Waals surface area contributed by atoms with Gasteiger partial charge in [0.15, 0.2) is 5.69 Å². The average molecular weight is 308 g/mol. The van der Waals surface area contributed by atoms with Gasteiger partial charge in [0.1, 0.15) is 5.75 Å². The molecular formula is C12H10BrN3O2. The van der Waals surface area contributed by atoms with Gasteiger partial charge >= 0.3 is 5.97 Å². The van der Waals surface area contributed by atoms with Gasteiger partial charge in [-0.1, -0.05) is 34.1 Å². The number of rotatable bonds is 3. The lowest BCUT2D eigenvalue weighted by Gasteiger charge is -2.08. The quantitative estimate of drug-likeness (QED) is 0.406. The zero-order valence-corrected chi connectivity index (χ0v) is 10.9. The summed E-state index contributed by atoms with van der Waals surface area (Å²) in [5.41, 5.74) is 6.32. The maximum atomic E-state index is 11.9. The third-order valence-electron chi connectivity index (χ3n) is 2.20. The van der Waals surface area contributed by atoms with Crippen LogP contribution in [0.4, 0.5) is 0 Å². The minimum absolute atomic E-state index is 0.103. The Balaban J connectivity index is 2.24. The summed E-state index contributed by atoms with van der Waals surface area (Å²) < 4.78 is 5.17. The van der Waals surface area contributed by atoms with Gasteiger partial charge in [-0.05, 0) is 18.2 Å². The van der Waals surface area contributed by atoms with E-state index in [4.69, 9.17) is 10.5 Å². The maximum Gasteiger partial charge on any atom is 0.364 e. The third-order valence-corrected chi connectivity index (χ3v) is 2.69. The Morgan fingerprint density at radius 3 is 2.67 bits per heavy atom. The average Bonchev–Trinajstić information content (AvgIpc) is 2.40. The van der Waals surface area contributed by atoms with Gasteiger partial charge in [0.05, 0.1) is 4.95 Å². The molecule has 18 heavy (non-hydrogen) atoms. The SMILES string of the molecule is NC(Br)c1ccnnc1C(=O)Oc1ccccc1. The minimum atomic E-state index is -0.584. The van der Waals surface area contributed by atoms with Crippen LogP contribution in [0.5, 0.6) is 5.75 Å². The number of hydrogen-bond acceptors (Lipinski definition) is 5. The Kier molecular flexibility index (Phi) is 4.01. The second-order valence-electron chi connectivity index (χ2n) is 3.44. The van der Waals surface area contributed by atoms with Crippen molar-refractivity contribution in [3.05, 3.63) is 53.9 Å². The van der Waals surface area contributed by atoms with Crippen LogP contribution in [0.1, 0.15) is 21.0 Å². The fourth-order valence-corrected chi connectivity index (χ4v) is 1.74. The number of hydrogen-bond donors (Lipinski definition) is 1. The van der Waals surface area contributed by atoms with Crippen LogP contribution in [-0.4, -0.2) is 16.2 Å². The van der Waals surface area contributed by atoms with Gasteiger partial charge in [-0.15, -0.1) is 5.10 Å². The third kappa shape index (κ3) is 2.91. The van der Waals surface area contributed by atoms with Crippen LogP contribution in [0.2, 0.25) is 0 Å². The van der Waals surface area contributed by atoms with Gasteiger partial charge in [-0.2, -0.15) is 5.10 Å². The van der Waals surface area contributed by atoms with E-state index >= 15 is 0 Å². The van der Waals surface area contributed by atoms with Gasteiger partial charge in [0.25, 0.3) is 0 Å². The van der Waals surface area contributed by atoms with Crippen molar-refractivity contribution in [1.82, 2.24) is 10.2 Å². The topological polar surface area (TPSA) is 78.1 Å². The minimum Gasteiger partial charge on any atom is -0.422 e. The van der Waals surface area contributed by atoms with Gasteiger partial charge in [0, 0.05) is 11.8 Å². The summed E-state index contributed by atoms with van der Waals surface area (Å²) in [7, 11) is 0. The number of esters is 1. The van der Waals surface area contributed by atoms with Gasteiger partial charge in [-0.3, -0.25) is 0 Å². The zero-order chi connectivity index (χ0) is 13.0. The molecular weight excluding hydrogens is 298 g/mol. The molecule has 0 amide bonds. The van der Waals surface area contributed by atoms with Crippen molar-refractivity contribution in [2.24, 2.45) is 5.73 Å². The highest BCUT2D eigenvalue weighted by Crippen LogP contribution is 2.20. The Labute approximate surface area is 112 Å². The molecule has 0 saturated heterocycles. The molecule has 0 radical (unpaired) electrons. The summed E-state index contributed by atoms with van der Waals surface area (Å²) in [5.74, 6) is -0.138. The largest absolute Gasteiger partial charge is 0.422 e. The van der Waals surface area contributed by atoms with Gasteiger partial charge < -0.3 is 10.5 Å². The fourth-order valence-electron chi connectivity index (χ4n) is 1.37. The van der Waals surface area contributed by atoms with E-state index in [2.05, 4.69) is 26.1 Å². The van der Waals surface area contributed by atoms with E-state index in [0.717, 1.165) is 0 Å². The second-order valence-corrected chi connectivity index (χ2v) is 4.43. The van der Waals surface area contributed by atoms with E-state index in [0.29, 0.717) is 11.3 Å². The first kappa shape index (κ1) is 12.7. The summed E-state index contributed by atoms with van der Waals surface area (Å²) >= 11 is 3.19. The first-order valence-electron chi connectivity index (χ1n) is 5.17. The highest BCUT2D eigenvalue weighted by molar-refractivity contribution is 9.09. The smallest absolute Gasteiger partial charge is 0.364 e. The number of para-hydroxylation sites is 1. The Morgan fingerprint density at radius 2 is 2.00 bits per heavy atom. The predicted molar refractivity (Wildman–Crippen MR) is 69.3 cm³/mol. The number of alkyl halides is 1. The number of carbonyl (C=O) groups is 1. The van der Waals surface area contributed by atoms with Crippen LogP contribution >= 0.6 is 15.9 Å². The molecule has 0 spiro atoms. The first-order chi connectivity index (χ1) is 8.68. The van der Waals surface area contributed by atoms with Gasteiger partial charge in [0.2, 0.25) is 0 Å². The molecule has 0 aliphatic heterocycles. The van der Waals surface area contributed by atoms with Crippen molar-refractivity contribution in [2.45, 2.75) is 4.95 Å². The monoisotopic (exact) mass is 307 g/mol. The lowest BCUT2D eigenvalue weighted by atomic mass is 10.2. The van der Waals surface area contributed by atoms with Gasteiger partial charge in [-0.25, -0.2) is 4.79 Å². The molecule has 6 heteroatoms. The summed E-state index contributed by atoms with van der Waals surface area (Å²) in [4.78, 5) is 11.4. The molecule has 0 saturated carbocycles. The second kappa shape index (κ2) is 5.70. The molecule has 92 valence electrons. The molecule has 0 fully saturated rings. The molecule has 0 aliphatic rings. The lowest BCUT2D eigenvalue weighted by Crippen LogP contribution is -2.17. The van der Waals surface area contributed by atoms with E-state index in [1.54, 1.807) is 30.3 Å². The Bertz CT molecular complexity index is 546. The predicted octanol–water partition coefficient (Wildman–Crippen LogP) is 2.05. The van der Waals surface area contributed by atoms with Crippen LogP contribution in [0.15, 0.2) is 42.6 Å². The normalized spacial score (nSPS) is 11.9. The van der Waals surface area contributed by atoms with E-state index < -0.39 is 10.9 Å². The Hall–Kier alpha value is -1.79. The molecule has 1 heterocycles. The number of nitrogens with two attached hydrogens (primary N) is 1. The molecule has 1 aromatic carbocycles. The molecule has 2 N–H and O–H groups in total. The molecule has 0 bridgehead atoms. The highest BCUT2D eigenvalue weighted by atomic mass is 79.9. The number of nitrogens with zero attached hydrogens (tertiary/aromatic N) is 2. The van der Waals surface area contributed by atoms with E-state index in [1.807, 2.05) is 6.07 Å². The number of benzene rings is 1. The number of carbonyl (C=O) groups excluding carboxylic acids is 1. The van der Waals surface area contributed by atoms with E-state index in [-0.39, 0.29) is 5.69 Å². The maximum absolute atomic E-state index is 11.9. The van der Waals surface area contributed by atoms with Crippen LogP contribution in [-0.2, 0) is 0 Å². The van der Waals surface area contributed by atoms with E-state index in [9.17, 15) is 4.79 Å². The van der Waals surface area contributed by atoms with Crippen LogP contribution < -0.4 is 10.5 Å². The fraction of sp³-hybridized carbons (Fsp3) is 0.0833. The lowest BCUT2D eigenvalue weighted by molar-refractivity contribution is 0.0726. The number of aromatic nitrogens is 2. The molecule has 2 rings (SSSR count). The van der Waals surface area contributed by atoms with Crippen LogP contribution in [0.25, 0.3) is 0 Å². The zero-order valence-electron chi connectivity index (χ0n) is 9.29. The molecule has 1 unspecified atom stereocenters. The van der Waals surface area contributed by atoms with Crippen molar-refractivity contribution >= 4 is 21.9 Å². The number of halogens is 1. The molecule has 0 aliphatic carbocycles. The van der Waals surface area contributed by atoms with Crippen molar-refractivity contribution < 1.29 is 9.53 Å². The highest BCUT2D eigenvalue weighted by Gasteiger charge is 2.18. The first-order valence-corrected chi connectivity index (χ1v) is 6.08. The Morgan fingerprint density at radius 1 is 1.28 bits per heavy atom.